The Kier molecular flexibility index (Phi) is 10.6. The van der Waals surface area contributed by atoms with Gasteiger partial charge in [-0.1, -0.05) is 36.4 Å². The number of guanidine groups is 1. The summed E-state index contributed by atoms with van der Waals surface area (Å²) in [6.45, 7) is 0.420. The van der Waals surface area contributed by atoms with Gasteiger partial charge >= 0.3 is 5.97 Å². The quantitative estimate of drug-likeness (QED) is 0.188. The molecule has 1 aromatic carbocycles. The molecule has 7 N–H and O–H groups in total. The molecule has 0 amide bonds. The summed E-state index contributed by atoms with van der Waals surface area (Å²) in [5, 5.41) is 8.38. The average molecular weight is 306 g/mol. The van der Waals surface area contributed by atoms with Crippen LogP contribution in [0.25, 0.3) is 6.08 Å². The molecule has 0 aliphatic heterocycles. The topological polar surface area (TPSA) is 145 Å². The van der Waals surface area contributed by atoms with Gasteiger partial charge in [-0.25, -0.2) is 0 Å². The van der Waals surface area contributed by atoms with Gasteiger partial charge in [0.2, 0.25) is 0 Å². The number of aliphatic imine (C=N–C) groups is 1. The van der Waals surface area contributed by atoms with E-state index in [9.17, 15) is 9.59 Å². The standard InChI is InChI=1S/C9H8O.C6H14N4O2/c10-8-4-7-9-5-2-1-3-6-9;7-4(5(11)12)2-1-3-10-6(8)9/h1-8H;4H,1-3,7H2,(H,11,12)(H4,8,9,10)/b7-4+;/t;4-/m.0/s1. The number of carbonyl (C=O) groups is 2. The molecule has 0 heterocycles. The number of hydrogen-bond acceptors (Lipinski definition) is 4. The van der Waals surface area contributed by atoms with E-state index in [1.165, 1.54) is 6.08 Å². The van der Waals surface area contributed by atoms with Crippen molar-refractivity contribution in [1.29, 1.82) is 0 Å². The molecule has 0 fully saturated rings. The van der Waals surface area contributed by atoms with E-state index in [1.54, 1.807) is 6.08 Å². The highest BCUT2D eigenvalue weighted by molar-refractivity contribution is 5.75. The number of benzene rings is 1. The lowest BCUT2D eigenvalue weighted by Crippen LogP contribution is -2.30. The highest BCUT2D eigenvalue weighted by Gasteiger charge is 2.09. The highest BCUT2D eigenvalue weighted by atomic mass is 16.4. The highest BCUT2D eigenvalue weighted by Crippen LogP contribution is 1.99. The fourth-order valence-electron chi connectivity index (χ4n) is 1.36. The van der Waals surface area contributed by atoms with Crippen LogP contribution in [0.15, 0.2) is 41.4 Å². The van der Waals surface area contributed by atoms with Crippen LogP contribution in [-0.4, -0.2) is 35.9 Å². The Morgan fingerprint density at radius 2 is 1.91 bits per heavy atom. The molecule has 0 spiro atoms. The third-order valence-corrected chi connectivity index (χ3v) is 2.45. The zero-order valence-electron chi connectivity index (χ0n) is 12.3. The Labute approximate surface area is 129 Å². The lowest BCUT2D eigenvalue weighted by molar-refractivity contribution is -0.138. The number of carboxylic acids is 1. The first-order chi connectivity index (χ1) is 10.5. The number of hydrogen-bond donors (Lipinski definition) is 4. The average Bonchev–Trinajstić information content (AvgIpc) is 2.50. The van der Waals surface area contributed by atoms with Gasteiger partial charge in [0.15, 0.2) is 5.96 Å². The maximum absolute atomic E-state index is 10.2. The van der Waals surface area contributed by atoms with E-state index >= 15 is 0 Å². The maximum atomic E-state index is 10.2. The van der Waals surface area contributed by atoms with Gasteiger partial charge in [0.25, 0.3) is 0 Å². The summed E-state index contributed by atoms with van der Waals surface area (Å²) in [4.78, 5) is 23.8. The molecule has 0 bridgehead atoms. The number of carbonyl (C=O) groups excluding carboxylic acids is 1. The summed E-state index contributed by atoms with van der Waals surface area (Å²) in [5.41, 5.74) is 16.4. The summed E-state index contributed by atoms with van der Waals surface area (Å²) >= 11 is 0. The van der Waals surface area contributed by atoms with Crippen molar-refractivity contribution in [3.05, 3.63) is 42.0 Å². The Morgan fingerprint density at radius 1 is 1.27 bits per heavy atom. The monoisotopic (exact) mass is 306 g/mol. The lowest BCUT2D eigenvalue weighted by Gasteiger charge is -2.03. The molecule has 1 atom stereocenters. The molecule has 0 aliphatic carbocycles. The minimum atomic E-state index is -1.00. The second-order valence-electron chi connectivity index (χ2n) is 4.30. The van der Waals surface area contributed by atoms with Crippen molar-refractivity contribution in [1.82, 2.24) is 0 Å². The first-order valence-corrected chi connectivity index (χ1v) is 6.68. The van der Waals surface area contributed by atoms with Crippen molar-refractivity contribution in [3.63, 3.8) is 0 Å². The number of allylic oxidation sites excluding steroid dienone is 1. The van der Waals surface area contributed by atoms with Crippen LogP contribution in [0.2, 0.25) is 0 Å². The van der Waals surface area contributed by atoms with E-state index in [4.69, 9.17) is 22.3 Å². The normalized spacial score (nSPS) is 11.1. The van der Waals surface area contributed by atoms with E-state index in [0.29, 0.717) is 19.4 Å². The van der Waals surface area contributed by atoms with E-state index in [-0.39, 0.29) is 5.96 Å². The van der Waals surface area contributed by atoms with Crippen LogP contribution in [0.3, 0.4) is 0 Å². The number of rotatable bonds is 7. The van der Waals surface area contributed by atoms with Gasteiger partial charge in [-0.3, -0.25) is 14.6 Å². The molecule has 120 valence electrons. The van der Waals surface area contributed by atoms with Crippen molar-refractivity contribution in [2.45, 2.75) is 18.9 Å². The van der Waals surface area contributed by atoms with E-state index in [2.05, 4.69) is 4.99 Å². The molecule has 22 heavy (non-hydrogen) atoms. The van der Waals surface area contributed by atoms with Crippen molar-refractivity contribution in [3.8, 4) is 0 Å². The van der Waals surface area contributed by atoms with Crippen LogP contribution in [0.1, 0.15) is 18.4 Å². The zero-order chi connectivity index (χ0) is 16.8. The van der Waals surface area contributed by atoms with Crippen LogP contribution in [-0.2, 0) is 9.59 Å². The Balaban J connectivity index is 0.000000406. The molecule has 7 nitrogen and oxygen atoms in total. The van der Waals surface area contributed by atoms with Crippen molar-refractivity contribution >= 4 is 24.3 Å². The number of aliphatic carboxylic acids is 1. The van der Waals surface area contributed by atoms with Gasteiger partial charge in [-0.05, 0) is 24.5 Å². The third-order valence-electron chi connectivity index (χ3n) is 2.45. The summed E-state index contributed by atoms with van der Waals surface area (Å²) in [7, 11) is 0. The van der Waals surface area contributed by atoms with Gasteiger partial charge in [0.1, 0.15) is 12.3 Å². The predicted molar refractivity (Wildman–Crippen MR) is 87.1 cm³/mol. The first-order valence-electron chi connectivity index (χ1n) is 6.68. The predicted octanol–water partition coefficient (Wildman–Crippen LogP) is 0.351. The molecule has 1 aromatic rings. The number of nitrogens with zero attached hydrogens (tertiary/aromatic N) is 1. The largest absolute Gasteiger partial charge is 0.480 e. The van der Waals surface area contributed by atoms with Crippen LogP contribution in [0, 0.1) is 0 Å². The molecule has 0 saturated carbocycles. The maximum Gasteiger partial charge on any atom is 0.320 e. The van der Waals surface area contributed by atoms with E-state index < -0.39 is 12.0 Å². The van der Waals surface area contributed by atoms with Crippen LogP contribution >= 0.6 is 0 Å². The minimum absolute atomic E-state index is 0.0129. The molecule has 0 unspecified atom stereocenters. The zero-order valence-corrected chi connectivity index (χ0v) is 12.3. The summed E-state index contributed by atoms with van der Waals surface area (Å²) in [6.07, 6.45) is 4.98. The van der Waals surface area contributed by atoms with E-state index in [0.717, 1.165) is 11.8 Å². The van der Waals surface area contributed by atoms with Crippen molar-refractivity contribution in [2.24, 2.45) is 22.2 Å². The fourth-order valence-corrected chi connectivity index (χ4v) is 1.36. The van der Waals surface area contributed by atoms with Crippen LogP contribution in [0.5, 0.6) is 0 Å². The lowest BCUT2D eigenvalue weighted by atomic mass is 10.2. The fraction of sp³-hybridized carbons (Fsp3) is 0.267. The van der Waals surface area contributed by atoms with Crippen molar-refractivity contribution in [2.75, 3.05) is 6.54 Å². The minimum Gasteiger partial charge on any atom is -0.480 e. The van der Waals surface area contributed by atoms with E-state index in [1.807, 2.05) is 30.3 Å². The summed E-state index contributed by atoms with van der Waals surface area (Å²) in [5.74, 6) is -0.987. The second kappa shape index (κ2) is 12.1. The number of carboxylic acid groups (broad SMARTS) is 1. The Morgan fingerprint density at radius 3 is 2.41 bits per heavy atom. The molecule has 0 aromatic heterocycles. The molecule has 0 radical (unpaired) electrons. The summed E-state index contributed by atoms with van der Waals surface area (Å²) < 4.78 is 0. The number of aldehydes is 1. The third kappa shape index (κ3) is 11.2. The first kappa shape index (κ1) is 19.3. The van der Waals surface area contributed by atoms with Crippen LogP contribution < -0.4 is 17.2 Å². The van der Waals surface area contributed by atoms with Crippen LogP contribution in [0.4, 0.5) is 0 Å². The van der Waals surface area contributed by atoms with Gasteiger partial charge in [0, 0.05) is 6.54 Å². The molecule has 0 saturated heterocycles. The molecular formula is C15H22N4O3. The van der Waals surface area contributed by atoms with Gasteiger partial charge in [-0.2, -0.15) is 0 Å². The Bertz CT molecular complexity index is 497. The molecular weight excluding hydrogens is 284 g/mol. The van der Waals surface area contributed by atoms with Crippen molar-refractivity contribution < 1.29 is 14.7 Å². The smallest absolute Gasteiger partial charge is 0.320 e. The Hall–Kier alpha value is -2.67. The molecule has 7 heteroatoms. The SMILES string of the molecule is NC(N)=NCCC[C@H](N)C(=O)O.O=C/C=C/c1ccccc1. The van der Waals surface area contributed by atoms with Gasteiger partial charge in [0.05, 0.1) is 0 Å². The van der Waals surface area contributed by atoms with Gasteiger partial charge in [-0.15, -0.1) is 0 Å². The molecule has 0 aliphatic rings. The molecule has 1 rings (SSSR count). The second-order valence-corrected chi connectivity index (χ2v) is 4.30. The number of nitrogens with two attached hydrogens (primary N) is 3. The summed E-state index contributed by atoms with van der Waals surface area (Å²) in [6, 6.07) is 8.88. The van der Waals surface area contributed by atoms with Gasteiger partial charge < -0.3 is 22.3 Å².